The van der Waals surface area contributed by atoms with Crippen molar-refractivity contribution in [1.29, 1.82) is 0 Å². The van der Waals surface area contributed by atoms with Gasteiger partial charge in [0.15, 0.2) is 0 Å². The quantitative estimate of drug-likeness (QED) is 0.507. The first-order valence-electron chi connectivity index (χ1n) is 8.85. The Hall–Kier alpha value is -2.07. The predicted octanol–water partition coefficient (Wildman–Crippen LogP) is 5.08. The molecule has 0 bridgehead atoms. The first-order valence-corrected chi connectivity index (χ1v) is 9.64. The molecule has 1 heterocycles. The molecule has 134 valence electrons. The Morgan fingerprint density at radius 3 is 2.77 bits per heavy atom. The molecule has 1 aliphatic carbocycles. The Morgan fingerprint density at radius 2 is 2.00 bits per heavy atom. The van der Waals surface area contributed by atoms with Crippen LogP contribution in [0.4, 0.5) is 0 Å². The van der Waals surface area contributed by atoms with Crippen molar-refractivity contribution in [2.75, 3.05) is 6.61 Å². The number of esters is 1. The Morgan fingerprint density at radius 1 is 1.19 bits per heavy atom. The van der Waals surface area contributed by atoms with E-state index in [0.29, 0.717) is 19.6 Å². The first-order chi connectivity index (χ1) is 12.5. The molecule has 0 amide bonds. The third kappa shape index (κ3) is 3.30. The zero-order valence-electron chi connectivity index (χ0n) is 14.5. The van der Waals surface area contributed by atoms with Crippen LogP contribution in [0, 0.1) is 11.3 Å². The average molecular weight is 413 g/mol. The minimum absolute atomic E-state index is 0.0591. The number of carbonyl (C=O) groups excluding carboxylic acids is 1. The SMILES string of the molecule is C=C1CC2COC(=O)C2(Cc2ccc(OCc3cccc(Br)c3)cc2)C1. The van der Waals surface area contributed by atoms with Crippen LogP contribution < -0.4 is 4.74 Å². The van der Waals surface area contributed by atoms with Gasteiger partial charge in [0.2, 0.25) is 0 Å². The van der Waals surface area contributed by atoms with Crippen molar-refractivity contribution in [3.8, 4) is 5.75 Å². The summed E-state index contributed by atoms with van der Waals surface area (Å²) in [6.07, 6.45) is 2.36. The number of benzene rings is 2. The molecule has 4 rings (SSSR count). The van der Waals surface area contributed by atoms with Crippen LogP contribution in [0.5, 0.6) is 5.75 Å². The number of fused-ring (bicyclic) bond motifs is 1. The van der Waals surface area contributed by atoms with Gasteiger partial charge in [-0.1, -0.05) is 52.3 Å². The third-order valence-electron chi connectivity index (χ3n) is 5.44. The highest BCUT2D eigenvalue weighted by atomic mass is 79.9. The van der Waals surface area contributed by atoms with Crippen LogP contribution in [0.1, 0.15) is 24.0 Å². The number of ether oxygens (including phenoxy) is 2. The van der Waals surface area contributed by atoms with Crippen LogP contribution in [0.15, 0.2) is 65.2 Å². The second-order valence-electron chi connectivity index (χ2n) is 7.32. The highest BCUT2D eigenvalue weighted by molar-refractivity contribution is 9.10. The van der Waals surface area contributed by atoms with Gasteiger partial charge in [0.1, 0.15) is 12.4 Å². The molecular formula is C22H21BrO3. The fraction of sp³-hybridized carbons (Fsp3) is 0.318. The lowest BCUT2D eigenvalue weighted by Crippen LogP contribution is -2.31. The molecular weight excluding hydrogens is 392 g/mol. The van der Waals surface area contributed by atoms with E-state index in [4.69, 9.17) is 9.47 Å². The molecule has 2 unspecified atom stereocenters. The van der Waals surface area contributed by atoms with Crippen molar-refractivity contribution >= 4 is 21.9 Å². The van der Waals surface area contributed by atoms with Crippen molar-refractivity contribution in [3.05, 3.63) is 76.3 Å². The Labute approximate surface area is 162 Å². The van der Waals surface area contributed by atoms with Gasteiger partial charge in [-0.2, -0.15) is 0 Å². The topological polar surface area (TPSA) is 35.5 Å². The van der Waals surface area contributed by atoms with Gasteiger partial charge in [-0.15, -0.1) is 0 Å². The third-order valence-corrected chi connectivity index (χ3v) is 5.93. The molecule has 4 heteroatoms. The highest BCUT2D eigenvalue weighted by Gasteiger charge is 2.55. The number of halogens is 1. The predicted molar refractivity (Wildman–Crippen MR) is 104 cm³/mol. The largest absolute Gasteiger partial charge is 0.489 e. The average Bonchev–Trinajstić information content (AvgIpc) is 3.09. The molecule has 2 fully saturated rings. The van der Waals surface area contributed by atoms with E-state index in [-0.39, 0.29) is 11.9 Å². The van der Waals surface area contributed by atoms with E-state index >= 15 is 0 Å². The lowest BCUT2D eigenvalue weighted by atomic mass is 9.75. The fourth-order valence-corrected chi connectivity index (χ4v) is 4.57. The van der Waals surface area contributed by atoms with Crippen LogP contribution in [0.3, 0.4) is 0 Å². The maximum atomic E-state index is 12.4. The summed E-state index contributed by atoms with van der Waals surface area (Å²) in [6, 6.07) is 16.1. The molecule has 2 aromatic carbocycles. The van der Waals surface area contributed by atoms with Gasteiger partial charge in [0, 0.05) is 10.4 Å². The molecule has 3 nitrogen and oxygen atoms in total. The summed E-state index contributed by atoms with van der Waals surface area (Å²) in [5.41, 5.74) is 3.01. The minimum atomic E-state index is -0.407. The van der Waals surface area contributed by atoms with Crippen molar-refractivity contribution < 1.29 is 14.3 Å². The van der Waals surface area contributed by atoms with Crippen LogP contribution >= 0.6 is 15.9 Å². The number of cyclic esters (lactones) is 1. The van der Waals surface area contributed by atoms with E-state index in [1.807, 2.05) is 36.4 Å². The normalized spacial score (nSPS) is 24.4. The van der Waals surface area contributed by atoms with E-state index in [1.165, 1.54) is 5.57 Å². The summed E-state index contributed by atoms with van der Waals surface area (Å²) in [7, 11) is 0. The minimum Gasteiger partial charge on any atom is -0.489 e. The van der Waals surface area contributed by atoms with Gasteiger partial charge >= 0.3 is 5.97 Å². The monoisotopic (exact) mass is 412 g/mol. The molecule has 0 radical (unpaired) electrons. The first kappa shape index (κ1) is 17.3. The zero-order chi connectivity index (χ0) is 18.1. The summed E-state index contributed by atoms with van der Waals surface area (Å²) >= 11 is 3.47. The number of hydrogen-bond donors (Lipinski definition) is 0. The molecule has 2 aliphatic rings. The summed E-state index contributed by atoms with van der Waals surface area (Å²) in [6.45, 7) is 5.16. The molecule has 2 aromatic rings. The van der Waals surface area contributed by atoms with Gasteiger partial charge < -0.3 is 9.47 Å². The van der Waals surface area contributed by atoms with Crippen LogP contribution in [0.2, 0.25) is 0 Å². The number of carbonyl (C=O) groups is 1. The zero-order valence-corrected chi connectivity index (χ0v) is 16.1. The van der Waals surface area contributed by atoms with Crippen molar-refractivity contribution in [2.45, 2.75) is 25.9 Å². The lowest BCUT2D eigenvalue weighted by Gasteiger charge is -2.24. The maximum Gasteiger partial charge on any atom is 0.313 e. The van der Waals surface area contributed by atoms with E-state index < -0.39 is 5.41 Å². The second kappa shape index (κ2) is 6.92. The Bertz CT molecular complexity index is 843. The van der Waals surface area contributed by atoms with Crippen LogP contribution in [-0.2, 0) is 22.6 Å². The summed E-state index contributed by atoms with van der Waals surface area (Å²) in [5.74, 6) is 1.04. The highest BCUT2D eigenvalue weighted by Crippen LogP contribution is 2.52. The van der Waals surface area contributed by atoms with Crippen molar-refractivity contribution in [1.82, 2.24) is 0 Å². The molecule has 1 saturated heterocycles. The second-order valence-corrected chi connectivity index (χ2v) is 8.24. The number of allylic oxidation sites excluding steroid dienone is 1. The summed E-state index contributed by atoms with van der Waals surface area (Å²) < 4.78 is 12.3. The molecule has 26 heavy (non-hydrogen) atoms. The molecule has 1 saturated carbocycles. The van der Waals surface area contributed by atoms with E-state index in [0.717, 1.165) is 34.2 Å². The van der Waals surface area contributed by atoms with Gasteiger partial charge in [-0.3, -0.25) is 4.79 Å². The lowest BCUT2D eigenvalue weighted by molar-refractivity contribution is -0.146. The van der Waals surface area contributed by atoms with Gasteiger partial charge in [-0.25, -0.2) is 0 Å². The van der Waals surface area contributed by atoms with Crippen LogP contribution in [-0.4, -0.2) is 12.6 Å². The van der Waals surface area contributed by atoms with Gasteiger partial charge in [0.05, 0.1) is 12.0 Å². The van der Waals surface area contributed by atoms with Gasteiger partial charge in [0.25, 0.3) is 0 Å². The summed E-state index contributed by atoms with van der Waals surface area (Å²) in [4.78, 5) is 12.4. The fourth-order valence-electron chi connectivity index (χ4n) is 4.12. The molecule has 2 atom stereocenters. The van der Waals surface area contributed by atoms with Crippen molar-refractivity contribution in [3.63, 3.8) is 0 Å². The van der Waals surface area contributed by atoms with E-state index in [2.05, 4.69) is 34.6 Å². The molecule has 0 spiro atoms. The Balaban J connectivity index is 1.43. The van der Waals surface area contributed by atoms with Gasteiger partial charge in [-0.05, 0) is 54.7 Å². The maximum absolute atomic E-state index is 12.4. The molecule has 1 aliphatic heterocycles. The van der Waals surface area contributed by atoms with Crippen LogP contribution in [0.25, 0.3) is 0 Å². The molecule has 0 aromatic heterocycles. The molecule has 0 N–H and O–H groups in total. The summed E-state index contributed by atoms with van der Waals surface area (Å²) in [5, 5.41) is 0. The Kier molecular flexibility index (Phi) is 4.62. The number of rotatable bonds is 5. The van der Waals surface area contributed by atoms with E-state index in [9.17, 15) is 4.79 Å². The van der Waals surface area contributed by atoms with E-state index in [1.54, 1.807) is 0 Å². The smallest absolute Gasteiger partial charge is 0.313 e. The number of hydrogen-bond acceptors (Lipinski definition) is 3. The standard InChI is InChI=1S/C22H21BrO3/c1-15-9-18-14-26-21(24)22(18,11-15)12-16-5-7-20(8-6-16)25-13-17-3-2-4-19(23)10-17/h2-8,10,18H,1,9,11-14H2. The van der Waals surface area contributed by atoms with Crippen molar-refractivity contribution in [2.24, 2.45) is 11.3 Å².